The molecule has 1 atom stereocenters. The number of benzene rings is 3. The molecule has 1 aliphatic heterocycles. The molecular formula is C25H21ClN4O3S. The number of ether oxygens (including phenoxy) is 1. The number of thioether (sulfide) groups is 1. The van der Waals surface area contributed by atoms with Gasteiger partial charge in [0.15, 0.2) is 5.17 Å². The first-order chi connectivity index (χ1) is 16.5. The summed E-state index contributed by atoms with van der Waals surface area (Å²) in [7, 11) is 0. The highest BCUT2D eigenvalue weighted by atomic mass is 35.5. The number of anilines is 1. The number of rotatable bonds is 8. The lowest BCUT2D eigenvalue weighted by Crippen LogP contribution is -2.28. The fourth-order valence-electron chi connectivity index (χ4n) is 3.08. The normalized spacial score (nSPS) is 16.6. The maximum absolute atomic E-state index is 12.2. The van der Waals surface area contributed by atoms with Gasteiger partial charge in [0.2, 0.25) is 11.8 Å². The Morgan fingerprint density at radius 2 is 1.88 bits per heavy atom. The largest absolute Gasteiger partial charge is 0.489 e. The molecule has 34 heavy (non-hydrogen) atoms. The number of amides is 2. The van der Waals surface area contributed by atoms with E-state index in [2.05, 4.69) is 20.8 Å². The number of halogens is 1. The second-order valence-corrected chi connectivity index (χ2v) is 8.98. The Balaban J connectivity index is 1.26. The average molecular weight is 493 g/mol. The molecule has 0 radical (unpaired) electrons. The number of para-hydroxylation sites is 1. The lowest BCUT2D eigenvalue weighted by Gasteiger charge is -2.07. The molecule has 0 bridgehead atoms. The lowest BCUT2D eigenvalue weighted by atomic mass is 10.2. The number of carbonyl (C=O) groups excluding carboxylic acids is 2. The van der Waals surface area contributed by atoms with Gasteiger partial charge in [-0.15, -0.1) is 5.10 Å². The standard InChI is InChI=1S/C25H21ClN4O3S/c26-19-6-4-5-18(13-19)16-33-21-11-9-17(10-12-21)15-27-30-25-29-24(32)22(34-25)14-23(31)28-20-7-2-1-3-8-20/h1-13,15,22H,14,16H2,(H,28,31)(H,29,30,32)/b27-15+. The van der Waals surface area contributed by atoms with Crippen LogP contribution >= 0.6 is 23.4 Å². The Bertz CT molecular complexity index is 1220. The molecule has 1 aliphatic rings. The summed E-state index contributed by atoms with van der Waals surface area (Å²) in [5, 5.41) is 14.0. The van der Waals surface area contributed by atoms with E-state index in [0.717, 1.165) is 16.9 Å². The zero-order valence-corrected chi connectivity index (χ0v) is 19.6. The van der Waals surface area contributed by atoms with Crippen molar-refractivity contribution in [1.82, 2.24) is 5.32 Å². The second-order valence-electron chi connectivity index (χ2n) is 7.35. The fourth-order valence-corrected chi connectivity index (χ4v) is 4.22. The molecule has 9 heteroatoms. The fraction of sp³-hybridized carbons (Fsp3) is 0.120. The van der Waals surface area contributed by atoms with E-state index in [0.29, 0.717) is 22.5 Å². The highest BCUT2D eigenvalue weighted by molar-refractivity contribution is 8.15. The molecule has 2 amide bonds. The van der Waals surface area contributed by atoms with E-state index in [-0.39, 0.29) is 18.2 Å². The first-order valence-corrected chi connectivity index (χ1v) is 11.7. The van der Waals surface area contributed by atoms with E-state index in [1.165, 1.54) is 11.8 Å². The zero-order valence-electron chi connectivity index (χ0n) is 18.0. The Labute approximate surface area is 206 Å². The Morgan fingerprint density at radius 1 is 1.09 bits per heavy atom. The maximum Gasteiger partial charge on any atom is 0.240 e. The SMILES string of the molecule is O=C(CC1S/C(=N/N=C/c2ccc(OCc3cccc(Cl)c3)cc2)NC1=O)Nc1ccccc1. The first kappa shape index (κ1) is 23.5. The molecule has 2 N–H and O–H groups in total. The minimum Gasteiger partial charge on any atom is -0.489 e. The average Bonchev–Trinajstić information content (AvgIpc) is 3.18. The Kier molecular flexibility index (Phi) is 7.95. The minimum absolute atomic E-state index is 0.0464. The van der Waals surface area contributed by atoms with E-state index < -0.39 is 5.25 Å². The molecule has 3 aromatic carbocycles. The summed E-state index contributed by atoms with van der Waals surface area (Å²) in [5.41, 5.74) is 2.50. The molecular weight excluding hydrogens is 472 g/mol. The van der Waals surface area contributed by atoms with Gasteiger partial charge in [-0.1, -0.05) is 53.7 Å². The van der Waals surface area contributed by atoms with Crippen LogP contribution in [0, 0.1) is 0 Å². The summed E-state index contributed by atoms with van der Waals surface area (Å²) in [4.78, 5) is 24.4. The van der Waals surface area contributed by atoms with Gasteiger partial charge in [0.1, 0.15) is 17.6 Å². The van der Waals surface area contributed by atoms with E-state index in [1.54, 1.807) is 18.3 Å². The molecule has 4 rings (SSSR count). The summed E-state index contributed by atoms with van der Waals surface area (Å²) in [5.74, 6) is 0.225. The van der Waals surface area contributed by atoms with Gasteiger partial charge in [0, 0.05) is 17.1 Å². The van der Waals surface area contributed by atoms with Crippen LogP contribution in [0.15, 0.2) is 89.1 Å². The Morgan fingerprint density at radius 3 is 2.65 bits per heavy atom. The van der Waals surface area contributed by atoms with Gasteiger partial charge in [-0.2, -0.15) is 5.10 Å². The van der Waals surface area contributed by atoms with Gasteiger partial charge in [0.25, 0.3) is 0 Å². The molecule has 0 spiro atoms. The van der Waals surface area contributed by atoms with Crippen molar-refractivity contribution >= 4 is 52.2 Å². The highest BCUT2D eigenvalue weighted by Crippen LogP contribution is 2.23. The number of hydrogen-bond donors (Lipinski definition) is 2. The molecule has 3 aromatic rings. The third-order valence-electron chi connectivity index (χ3n) is 4.73. The third-order valence-corrected chi connectivity index (χ3v) is 6.04. The molecule has 1 unspecified atom stereocenters. The predicted molar refractivity (Wildman–Crippen MR) is 136 cm³/mol. The molecule has 172 valence electrons. The minimum atomic E-state index is -0.548. The van der Waals surface area contributed by atoms with E-state index in [1.807, 2.05) is 66.7 Å². The molecule has 1 fully saturated rings. The lowest BCUT2D eigenvalue weighted by molar-refractivity contribution is -0.122. The van der Waals surface area contributed by atoms with Crippen LogP contribution in [-0.2, 0) is 16.2 Å². The van der Waals surface area contributed by atoms with Crippen molar-refractivity contribution in [2.24, 2.45) is 10.2 Å². The summed E-state index contributed by atoms with van der Waals surface area (Å²) in [6, 6.07) is 24.0. The van der Waals surface area contributed by atoms with Crippen LogP contribution in [0.2, 0.25) is 5.02 Å². The van der Waals surface area contributed by atoms with Crippen molar-refractivity contribution in [3.63, 3.8) is 0 Å². The van der Waals surface area contributed by atoms with Crippen LogP contribution in [0.3, 0.4) is 0 Å². The molecule has 7 nitrogen and oxygen atoms in total. The number of amidine groups is 1. The van der Waals surface area contributed by atoms with Gasteiger partial charge in [-0.3, -0.25) is 9.59 Å². The van der Waals surface area contributed by atoms with Crippen LogP contribution in [0.4, 0.5) is 5.69 Å². The monoisotopic (exact) mass is 492 g/mol. The summed E-state index contributed by atoms with van der Waals surface area (Å²) in [6.07, 6.45) is 1.63. The van der Waals surface area contributed by atoms with Crippen LogP contribution in [0.25, 0.3) is 0 Å². The van der Waals surface area contributed by atoms with Gasteiger partial charge >= 0.3 is 0 Å². The van der Waals surface area contributed by atoms with Crippen LogP contribution < -0.4 is 15.4 Å². The first-order valence-electron chi connectivity index (χ1n) is 10.5. The topological polar surface area (TPSA) is 92.2 Å². The summed E-state index contributed by atoms with van der Waals surface area (Å²) in [6.45, 7) is 0.420. The maximum atomic E-state index is 12.2. The van der Waals surface area contributed by atoms with Crippen LogP contribution in [0.5, 0.6) is 5.75 Å². The molecule has 1 heterocycles. The molecule has 0 aliphatic carbocycles. The van der Waals surface area contributed by atoms with Gasteiger partial charge in [0.05, 0.1) is 6.21 Å². The smallest absolute Gasteiger partial charge is 0.240 e. The van der Waals surface area contributed by atoms with Crippen molar-refractivity contribution in [1.29, 1.82) is 0 Å². The third kappa shape index (κ3) is 6.94. The van der Waals surface area contributed by atoms with Crippen LogP contribution in [0.1, 0.15) is 17.5 Å². The zero-order chi connectivity index (χ0) is 23.8. The predicted octanol–water partition coefficient (Wildman–Crippen LogP) is 4.87. The number of nitrogens with zero attached hydrogens (tertiary/aromatic N) is 2. The quantitative estimate of drug-likeness (QED) is 0.346. The van der Waals surface area contributed by atoms with E-state index >= 15 is 0 Å². The number of nitrogens with one attached hydrogen (secondary N) is 2. The van der Waals surface area contributed by atoms with Crippen molar-refractivity contribution in [3.05, 3.63) is 95.0 Å². The van der Waals surface area contributed by atoms with Crippen molar-refractivity contribution in [2.75, 3.05) is 5.32 Å². The number of carbonyl (C=O) groups is 2. The van der Waals surface area contributed by atoms with Crippen molar-refractivity contribution in [2.45, 2.75) is 18.3 Å². The molecule has 0 aromatic heterocycles. The van der Waals surface area contributed by atoms with Gasteiger partial charge in [-0.05, 0) is 59.7 Å². The molecule has 1 saturated heterocycles. The molecule has 0 saturated carbocycles. The second kappa shape index (κ2) is 11.5. The van der Waals surface area contributed by atoms with Gasteiger partial charge < -0.3 is 15.4 Å². The summed E-state index contributed by atoms with van der Waals surface area (Å²) >= 11 is 7.17. The van der Waals surface area contributed by atoms with E-state index in [4.69, 9.17) is 16.3 Å². The van der Waals surface area contributed by atoms with E-state index in [9.17, 15) is 9.59 Å². The number of hydrogen-bond acceptors (Lipinski definition) is 6. The Hall–Kier alpha value is -3.62. The van der Waals surface area contributed by atoms with Crippen molar-refractivity contribution < 1.29 is 14.3 Å². The van der Waals surface area contributed by atoms with Crippen molar-refractivity contribution in [3.8, 4) is 5.75 Å². The highest BCUT2D eigenvalue weighted by Gasteiger charge is 2.32. The van der Waals surface area contributed by atoms with Gasteiger partial charge in [-0.25, -0.2) is 0 Å². The summed E-state index contributed by atoms with van der Waals surface area (Å²) < 4.78 is 5.77. The van der Waals surface area contributed by atoms with Crippen LogP contribution in [-0.4, -0.2) is 28.4 Å².